The number of hydrogen-bond donors (Lipinski definition) is 2. The number of aryl methyl sites for hydroxylation is 1. The zero-order valence-corrected chi connectivity index (χ0v) is 19.7. The standard InChI is InChI=1S/C19H20N6O4S3/c1-3-8-31(26,27)13-7-6-11(12-5-4-10(2)16-15(12)24-19(20)30-16)14(17(13)32(21,28)29)18-22-9-23-25-18/h4-7H,3,8-9H2,1-2H3,(H2,20,24)(H2,21,28,29). The highest BCUT2D eigenvalue weighted by atomic mass is 32.2. The second kappa shape index (κ2) is 7.99. The molecule has 1 aliphatic heterocycles. The van der Waals surface area contributed by atoms with Gasteiger partial charge in [0.25, 0.3) is 0 Å². The predicted octanol–water partition coefficient (Wildman–Crippen LogP) is 2.85. The van der Waals surface area contributed by atoms with Crippen LogP contribution in [0.4, 0.5) is 5.13 Å². The van der Waals surface area contributed by atoms with E-state index in [1.54, 1.807) is 13.0 Å². The number of aliphatic imine (C=N–C) groups is 1. The van der Waals surface area contributed by atoms with Crippen molar-refractivity contribution >= 4 is 52.4 Å². The number of thiazole rings is 1. The smallest absolute Gasteiger partial charge is 0.240 e. The number of fused-ring (bicyclic) bond motifs is 1. The zero-order chi connectivity index (χ0) is 23.3. The van der Waals surface area contributed by atoms with E-state index in [1.165, 1.54) is 23.5 Å². The third-order valence-corrected chi connectivity index (χ3v) is 9.03. The molecule has 0 saturated carbocycles. The Labute approximate surface area is 189 Å². The van der Waals surface area contributed by atoms with Crippen molar-refractivity contribution in [1.29, 1.82) is 0 Å². The van der Waals surface area contributed by atoms with E-state index >= 15 is 0 Å². The predicted molar refractivity (Wildman–Crippen MR) is 124 cm³/mol. The topological polar surface area (TPSA) is 170 Å². The van der Waals surface area contributed by atoms with Gasteiger partial charge in [0.15, 0.2) is 27.5 Å². The summed E-state index contributed by atoms with van der Waals surface area (Å²) < 4.78 is 52.2. The van der Waals surface area contributed by atoms with Gasteiger partial charge in [0.1, 0.15) is 4.90 Å². The third kappa shape index (κ3) is 3.81. The first-order valence-electron chi connectivity index (χ1n) is 9.55. The maximum Gasteiger partial charge on any atom is 0.240 e. The van der Waals surface area contributed by atoms with E-state index in [0.717, 1.165) is 10.3 Å². The molecule has 0 amide bonds. The molecular formula is C19H20N6O4S3. The van der Waals surface area contributed by atoms with Crippen LogP contribution in [0.15, 0.2) is 49.3 Å². The number of rotatable bonds is 6. The van der Waals surface area contributed by atoms with E-state index < -0.39 is 24.8 Å². The summed E-state index contributed by atoms with van der Waals surface area (Å²) >= 11 is 1.31. The Bertz CT molecular complexity index is 1520. The molecular weight excluding hydrogens is 472 g/mol. The number of nitrogens with two attached hydrogens (primary N) is 2. The highest BCUT2D eigenvalue weighted by molar-refractivity contribution is 7.93. The Balaban J connectivity index is 2.17. The summed E-state index contributed by atoms with van der Waals surface area (Å²) in [5, 5.41) is 13.7. The Morgan fingerprint density at radius 2 is 1.81 bits per heavy atom. The minimum absolute atomic E-state index is 0.00225. The lowest BCUT2D eigenvalue weighted by atomic mass is 9.97. The van der Waals surface area contributed by atoms with Crippen LogP contribution >= 0.6 is 11.3 Å². The van der Waals surface area contributed by atoms with Crippen molar-refractivity contribution in [3.63, 3.8) is 0 Å². The average Bonchev–Trinajstić information content (AvgIpc) is 3.36. The summed E-state index contributed by atoms with van der Waals surface area (Å²) in [6.07, 6.45) is 0.306. The van der Waals surface area contributed by atoms with Gasteiger partial charge in [-0.15, -0.1) is 5.11 Å². The highest BCUT2D eigenvalue weighted by Gasteiger charge is 2.32. The van der Waals surface area contributed by atoms with E-state index in [0.29, 0.717) is 28.2 Å². The summed E-state index contributed by atoms with van der Waals surface area (Å²) in [4.78, 5) is 7.65. The van der Waals surface area contributed by atoms with E-state index in [2.05, 4.69) is 20.2 Å². The fraction of sp³-hybridized carbons (Fsp3) is 0.263. The van der Waals surface area contributed by atoms with Crippen LogP contribution in [-0.4, -0.2) is 40.1 Å². The quantitative estimate of drug-likeness (QED) is 0.535. The molecule has 2 aromatic carbocycles. The van der Waals surface area contributed by atoms with Crippen molar-refractivity contribution in [3.8, 4) is 11.1 Å². The number of nitrogen functional groups attached to an aromatic ring is 1. The number of anilines is 1. The van der Waals surface area contributed by atoms with Crippen molar-refractivity contribution in [2.75, 3.05) is 18.2 Å². The van der Waals surface area contributed by atoms with Gasteiger partial charge in [-0.3, -0.25) is 0 Å². The molecule has 4 N–H and O–H groups in total. The molecule has 3 aromatic rings. The molecule has 0 atom stereocenters. The van der Waals surface area contributed by atoms with Gasteiger partial charge in [0, 0.05) is 5.56 Å². The Morgan fingerprint density at radius 3 is 2.44 bits per heavy atom. The van der Waals surface area contributed by atoms with Gasteiger partial charge in [-0.1, -0.05) is 36.5 Å². The first kappa shape index (κ1) is 22.5. The number of sulfonamides is 1. The van der Waals surface area contributed by atoms with E-state index in [9.17, 15) is 16.8 Å². The SMILES string of the molecule is CCCS(=O)(=O)c1ccc(-c2ccc(C)c3sc(N)nc23)c(C2=NCN=N2)c1S(N)(=O)=O. The van der Waals surface area contributed by atoms with E-state index in [1.807, 2.05) is 13.0 Å². The highest BCUT2D eigenvalue weighted by Crippen LogP contribution is 2.40. The van der Waals surface area contributed by atoms with Gasteiger partial charge in [-0.25, -0.2) is 32.0 Å². The van der Waals surface area contributed by atoms with Gasteiger partial charge < -0.3 is 5.73 Å². The van der Waals surface area contributed by atoms with Crippen LogP contribution in [0.5, 0.6) is 0 Å². The van der Waals surface area contributed by atoms with Gasteiger partial charge in [0.2, 0.25) is 10.0 Å². The number of primary sulfonamides is 1. The lowest BCUT2D eigenvalue weighted by molar-refractivity contribution is 0.582. The van der Waals surface area contributed by atoms with Crippen LogP contribution in [-0.2, 0) is 19.9 Å². The largest absolute Gasteiger partial charge is 0.375 e. The second-order valence-corrected chi connectivity index (χ2v) is 11.8. The van der Waals surface area contributed by atoms with Crippen molar-refractivity contribution in [2.45, 2.75) is 30.1 Å². The molecule has 13 heteroatoms. The first-order chi connectivity index (χ1) is 15.0. The van der Waals surface area contributed by atoms with E-state index in [4.69, 9.17) is 10.9 Å². The minimum atomic E-state index is -4.49. The Hall–Kier alpha value is -2.74. The number of benzene rings is 2. The molecule has 168 valence electrons. The molecule has 4 rings (SSSR count). The van der Waals surface area contributed by atoms with Crippen LogP contribution < -0.4 is 10.9 Å². The van der Waals surface area contributed by atoms with Crippen molar-refractivity contribution in [2.24, 2.45) is 20.4 Å². The summed E-state index contributed by atoms with van der Waals surface area (Å²) in [7, 11) is -8.43. The molecule has 0 unspecified atom stereocenters. The van der Waals surface area contributed by atoms with Crippen LogP contribution in [0.25, 0.3) is 21.3 Å². The summed E-state index contributed by atoms with van der Waals surface area (Å²) in [5.74, 6) is -0.242. The fourth-order valence-corrected chi connectivity index (χ4v) is 7.45. The maximum atomic E-state index is 12.9. The number of amidine groups is 1. The fourth-order valence-electron chi connectivity index (χ4n) is 3.64. The van der Waals surface area contributed by atoms with Gasteiger partial charge >= 0.3 is 0 Å². The van der Waals surface area contributed by atoms with Crippen LogP contribution in [0.1, 0.15) is 24.5 Å². The van der Waals surface area contributed by atoms with Crippen molar-refractivity contribution in [3.05, 3.63) is 35.4 Å². The second-order valence-electron chi connectivity index (χ2n) is 7.20. The molecule has 1 aromatic heterocycles. The lowest BCUT2D eigenvalue weighted by Gasteiger charge is -2.17. The molecule has 0 fully saturated rings. The summed E-state index contributed by atoms with van der Waals surface area (Å²) in [6.45, 7) is 3.60. The molecule has 0 bridgehead atoms. The normalized spacial score (nSPS) is 14.3. The summed E-state index contributed by atoms with van der Waals surface area (Å²) in [6, 6.07) is 6.42. The van der Waals surface area contributed by atoms with Crippen LogP contribution in [0, 0.1) is 6.92 Å². The number of aromatic nitrogens is 1. The van der Waals surface area contributed by atoms with Crippen molar-refractivity contribution < 1.29 is 16.8 Å². The number of hydrogen-bond acceptors (Lipinski definition) is 10. The maximum absolute atomic E-state index is 12.9. The number of azo groups is 1. The monoisotopic (exact) mass is 492 g/mol. The van der Waals surface area contributed by atoms with Gasteiger partial charge in [-0.05, 0) is 30.5 Å². The summed E-state index contributed by atoms with van der Waals surface area (Å²) in [5.41, 5.74) is 8.37. The lowest BCUT2D eigenvalue weighted by Crippen LogP contribution is -2.22. The average molecular weight is 493 g/mol. The molecule has 10 nitrogen and oxygen atoms in total. The number of nitrogens with zero attached hydrogens (tertiary/aromatic N) is 4. The van der Waals surface area contributed by atoms with E-state index in [-0.39, 0.29) is 28.7 Å². The van der Waals surface area contributed by atoms with Crippen LogP contribution in [0.3, 0.4) is 0 Å². The van der Waals surface area contributed by atoms with Gasteiger partial charge in [0.05, 0.1) is 26.4 Å². The third-order valence-electron chi connectivity index (χ3n) is 4.93. The minimum Gasteiger partial charge on any atom is -0.375 e. The van der Waals surface area contributed by atoms with Gasteiger partial charge in [-0.2, -0.15) is 5.11 Å². The Kier molecular flexibility index (Phi) is 5.61. The Morgan fingerprint density at radius 1 is 1.09 bits per heavy atom. The number of sulfone groups is 1. The molecule has 32 heavy (non-hydrogen) atoms. The van der Waals surface area contributed by atoms with Crippen molar-refractivity contribution in [1.82, 2.24) is 4.98 Å². The molecule has 1 aliphatic rings. The molecule has 2 heterocycles. The zero-order valence-electron chi connectivity index (χ0n) is 17.2. The molecule has 0 radical (unpaired) electrons. The molecule has 0 spiro atoms. The molecule has 0 aliphatic carbocycles. The van der Waals surface area contributed by atoms with Crippen LogP contribution in [0.2, 0.25) is 0 Å². The molecule has 0 saturated heterocycles. The first-order valence-corrected chi connectivity index (χ1v) is 13.6.